The first kappa shape index (κ1) is 11.5. The minimum atomic E-state index is -4.17. The molecule has 0 aromatic carbocycles. The van der Waals surface area contributed by atoms with E-state index >= 15 is 0 Å². The molecule has 0 fully saturated rings. The molecule has 0 amide bonds. The van der Waals surface area contributed by atoms with Crippen molar-refractivity contribution in [3.63, 3.8) is 0 Å². The number of likely N-dealkylation sites (N-methyl/N-ethyl adjacent to an activating group) is 1. The van der Waals surface area contributed by atoms with Crippen molar-refractivity contribution in [2.24, 2.45) is 0 Å². The van der Waals surface area contributed by atoms with Gasteiger partial charge in [-0.25, -0.2) is 0 Å². The third kappa shape index (κ3) is 3.31. The molecule has 1 unspecified atom stereocenters. The van der Waals surface area contributed by atoms with Crippen molar-refractivity contribution >= 4 is 11.3 Å². The number of thiophene rings is 1. The van der Waals surface area contributed by atoms with Crippen LogP contribution >= 0.6 is 11.3 Å². The maximum Gasteiger partial charge on any atom is 0.404 e. The lowest BCUT2D eigenvalue weighted by Crippen LogP contribution is -2.43. The average molecular weight is 223 g/mol. The molecule has 0 spiro atoms. The second-order valence-corrected chi connectivity index (χ2v) is 3.97. The summed E-state index contributed by atoms with van der Waals surface area (Å²) in [5, 5.41) is 4.23. The van der Waals surface area contributed by atoms with Crippen molar-refractivity contribution in [1.82, 2.24) is 5.32 Å². The molecule has 0 saturated carbocycles. The molecule has 1 nitrogen and oxygen atoms in total. The van der Waals surface area contributed by atoms with Gasteiger partial charge >= 0.3 is 6.18 Å². The topological polar surface area (TPSA) is 12.0 Å². The minimum Gasteiger partial charge on any atom is -0.306 e. The Morgan fingerprint density at radius 3 is 2.64 bits per heavy atom. The summed E-state index contributed by atoms with van der Waals surface area (Å²) in [7, 11) is 0. The third-order valence-electron chi connectivity index (χ3n) is 1.83. The van der Waals surface area contributed by atoms with Crippen LogP contribution in [0.3, 0.4) is 0 Å². The molecule has 1 heterocycles. The van der Waals surface area contributed by atoms with Gasteiger partial charge in [0.1, 0.15) is 6.04 Å². The van der Waals surface area contributed by atoms with Crippen LogP contribution in [0.1, 0.15) is 11.8 Å². The molecular weight excluding hydrogens is 211 g/mol. The Labute approximate surface area is 84.9 Å². The summed E-state index contributed by atoms with van der Waals surface area (Å²) in [5.41, 5.74) is 0. The summed E-state index contributed by atoms with van der Waals surface area (Å²) in [4.78, 5) is 0.758. The lowest BCUT2D eigenvalue weighted by atomic mass is 10.1. The van der Waals surface area contributed by atoms with Crippen LogP contribution in [0.4, 0.5) is 13.2 Å². The van der Waals surface area contributed by atoms with E-state index in [9.17, 15) is 13.2 Å². The highest BCUT2D eigenvalue weighted by atomic mass is 32.1. The van der Waals surface area contributed by atoms with Crippen molar-refractivity contribution in [2.75, 3.05) is 6.54 Å². The first-order valence-corrected chi connectivity index (χ1v) is 5.24. The lowest BCUT2D eigenvalue weighted by Gasteiger charge is -2.20. The molecule has 0 radical (unpaired) electrons. The zero-order valence-corrected chi connectivity index (χ0v) is 8.58. The molecule has 1 rings (SSSR count). The van der Waals surface area contributed by atoms with E-state index in [0.717, 1.165) is 4.88 Å². The van der Waals surface area contributed by atoms with Gasteiger partial charge in [0.2, 0.25) is 0 Å². The molecule has 0 saturated heterocycles. The van der Waals surface area contributed by atoms with E-state index in [4.69, 9.17) is 0 Å². The van der Waals surface area contributed by atoms with Gasteiger partial charge in [-0.05, 0) is 18.0 Å². The van der Waals surface area contributed by atoms with Crippen LogP contribution in [0.25, 0.3) is 0 Å². The quantitative estimate of drug-likeness (QED) is 0.827. The van der Waals surface area contributed by atoms with Crippen LogP contribution in [0.15, 0.2) is 17.5 Å². The molecule has 1 aromatic heterocycles. The van der Waals surface area contributed by atoms with Gasteiger partial charge in [-0.15, -0.1) is 11.3 Å². The molecule has 0 bridgehead atoms. The molecule has 0 aliphatic rings. The Morgan fingerprint density at radius 2 is 2.21 bits per heavy atom. The molecule has 0 aliphatic heterocycles. The number of nitrogens with one attached hydrogen (secondary N) is 1. The van der Waals surface area contributed by atoms with Gasteiger partial charge in [0.25, 0.3) is 0 Å². The summed E-state index contributed by atoms with van der Waals surface area (Å²) in [6.45, 7) is 2.00. The number of halogens is 3. The fourth-order valence-corrected chi connectivity index (χ4v) is 1.93. The molecule has 1 atom stereocenters. The Morgan fingerprint density at radius 1 is 1.50 bits per heavy atom. The number of alkyl halides is 3. The zero-order valence-electron chi connectivity index (χ0n) is 7.77. The summed E-state index contributed by atoms with van der Waals surface area (Å²) in [6, 6.07) is 2.06. The fourth-order valence-electron chi connectivity index (χ4n) is 1.18. The number of rotatable bonds is 4. The number of hydrogen-bond acceptors (Lipinski definition) is 2. The van der Waals surface area contributed by atoms with Gasteiger partial charge < -0.3 is 5.32 Å². The summed E-state index contributed by atoms with van der Waals surface area (Å²) < 4.78 is 37.3. The van der Waals surface area contributed by atoms with Crippen LogP contribution in [0.5, 0.6) is 0 Å². The maximum absolute atomic E-state index is 12.4. The highest BCUT2D eigenvalue weighted by molar-refractivity contribution is 7.09. The van der Waals surface area contributed by atoms with Crippen molar-refractivity contribution in [2.45, 2.75) is 25.6 Å². The van der Waals surface area contributed by atoms with E-state index in [0.29, 0.717) is 6.54 Å². The number of hydrogen-bond donors (Lipinski definition) is 1. The van der Waals surface area contributed by atoms with Gasteiger partial charge in [0, 0.05) is 11.3 Å². The molecular formula is C9H12F3NS. The molecule has 0 aliphatic carbocycles. The summed E-state index contributed by atoms with van der Waals surface area (Å²) in [6.07, 6.45) is -4.14. The van der Waals surface area contributed by atoms with Crippen molar-refractivity contribution in [3.8, 4) is 0 Å². The van der Waals surface area contributed by atoms with Gasteiger partial charge in [-0.1, -0.05) is 13.0 Å². The first-order valence-electron chi connectivity index (χ1n) is 4.36. The minimum absolute atomic E-state index is 0.0228. The standard InChI is InChI=1S/C9H12F3NS/c1-2-13-8(9(10,11)12)6-7-4-3-5-14-7/h3-5,8,13H,2,6H2,1H3. The Bertz CT molecular complexity index is 256. The smallest absolute Gasteiger partial charge is 0.306 e. The van der Waals surface area contributed by atoms with E-state index in [2.05, 4.69) is 5.32 Å². The lowest BCUT2D eigenvalue weighted by molar-refractivity contribution is -0.155. The highest BCUT2D eigenvalue weighted by Gasteiger charge is 2.38. The predicted octanol–water partition coefficient (Wildman–Crippen LogP) is 2.83. The largest absolute Gasteiger partial charge is 0.404 e. The third-order valence-corrected chi connectivity index (χ3v) is 2.73. The maximum atomic E-state index is 12.4. The highest BCUT2D eigenvalue weighted by Crippen LogP contribution is 2.24. The van der Waals surface area contributed by atoms with Gasteiger partial charge in [-0.2, -0.15) is 13.2 Å². The molecule has 1 aromatic rings. The van der Waals surface area contributed by atoms with Crippen molar-refractivity contribution in [1.29, 1.82) is 0 Å². The monoisotopic (exact) mass is 223 g/mol. The van der Waals surface area contributed by atoms with Crippen molar-refractivity contribution < 1.29 is 13.2 Å². The van der Waals surface area contributed by atoms with Crippen LogP contribution in [0, 0.1) is 0 Å². The second kappa shape index (κ2) is 4.79. The molecule has 80 valence electrons. The van der Waals surface area contributed by atoms with E-state index in [1.807, 2.05) is 0 Å². The normalized spacial score (nSPS) is 14.3. The molecule has 1 N–H and O–H groups in total. The predicted molar refractivity (Wildman–Crippen MR) is 51.5 cm³/mol. The van der Waals surface area contributed by atoms with Crippen LogP contribution in [-0.4, -0.2) is 18.8 Å². The summed E-state index contributed by atoms with van der Waals surface area (Å²) >= 11 is 1.35. The first-order chi connectivity index (χ1) is 6.54. The van der Waals surface area contributed by atoms with Crippen LogP contribution in [-0.2, 0) is 6.42 Å². The SMILES string of the molecule is CCNC(Cc1cccs1)C(F)(F)F. The molecule has 5 heteroatoms. The van der Waals surface area contributed by atoms with E-state index < -0.39 is 12.2 Å². The average Bonchev–Trinajstić information content (AvgIpc) is 2.54. The fraction of sp³-hybridized carbons (Fsp3) is 0.556. The van der Waals surface area contributed by atoms with E-state index in [-0.39, 0.29) is 6.42 Å². The van der Waals surface area contributed by atoms with Crippen molar-refractivity contribution in [3.05, 3.63) is 22.4 Å². The zero-order chi connectivity index (χ0) is 10.6. The van der Waals surface area contributed by atoms with Crippen LogP contribution in [0.2, 0.25) is 0 Å². The summed E-state index contributed by atoms with van der Waals surface area (Å²) in [5.74, 6) is 0. The van der Waals surface area contributed by atoms with Gasteiger partial charge in [0.05, 0.1) is 0 Å². The van der Waals surface area contributed by atoms with Gasteiger partial charge in [-0.3, -0.25) is 0 Å². The van der Waals surface area contributed by atoms with Gasteiger partial charge in [0.15, 0.2) is 0 Å². The van der Waals surface area contributed by atoms with E-state index in [1.165, 1.54) is 11.3 Å². The second-order valence-electron chi connectivity index (χ2n) is 2.94. The Hall–Kier alpha value is -0.550. The van der Waals surface area contributed by atoms with Crippen LogP contribution < -0.4 is 5.32 Å². The van der Waals surface area contributed by atoms with E-state index in [1.54, 1.807) is 24.4 Å². The Kier molecular flexibility index (Phi) is 3.95. The Balaban J connectivity index is 2.60. The molecule has 14 heavy (non-hydrogen) atoms.